The standard InChI is InChI=1S/C14H14N4O2S2/c1-8-17-18-14(20-8)21-7-12(19)16-13-10(6-15)9-4-2-3-5-11(9)22-13/h2-5,7H2,1H3,(H,16,19). The fraction of sp³-hybridized carbons (Fsp3) is 0.429. The number of carbonyl (C=O) groups excluding carboxylic acids is 1. The molecule has 0 atom stereocenters. The zero-order chi connectivity index (χ0) is 15.5. The highest BCUT2D eigenvalue weighted by Gasteiger charge is 2.21. The maximum Gasteiger partial charge on any atom is 0.277 e. The van der Waals surface area contributed by atoms with Gasteiger partial charge in [0, 0.05) is 11.8 Å². The molecule has 0 radical (unpaired) electrons. The Labute approximate surface area is 135 Å². The molecule has 0 spiro atoms. The van der Waals surface area contributed by atoms with Crippen molar-refractivity contribution in [2.24, 2.45) is 0 Å². The summed E-state index contributed by atoms with van der Waals surface area (Å²) in [7, 11) is 0. The van der Waals surface area contributed by atoms with E-state index in [-0.39, 0.29) is 11.7 Å². The molecule has 0 unspecified atom stereocenters. The smallest absolute Gasteiger partial charge is 0.277 e. The average molecular weight is 334 g/mol. The quantitative estimate of drug-likeness (QED) is 0.864. The van der Waals surface area contributed by atoms with E-state index in [9.17, 15) is 10.1 Å². The van der Waals surface area contributed by atoms with Crippen molar-refractivity contribution in [3.63, 3.8) is 0 Å². The Balaban J connectivity index is 1.66. The van der Waals surface area contributed by atoms with Gasteiger partial charge in [0.15, 0.2) is 0 Å². The van der Waals surface area contributed by atoms with E-state index in [1.807, 2.05) is 0 Å². The minimum atomic E-state index is -0.170. The van der Waals surface area contributed by atoms with Crippen LogP contribution >= 0.6 is 23.1 Å². The van der Waals surface area contributed by atoms with Crippen LogP contribution in [0.25, 0.3) is 0 Å². The third kappa shape index (κ3) is 3.15. The number of thiophene rings is 1. The highest BCUT2D eigenvalue weighted by molar-refractivity contribution is 7.99. The van der Waals surface area contributed by atoms with Crippen LogP contribution in [0.5, 0.6) is 0 Å². The molecule has 114 valence electrons. The fourth-order valence-electron chi connectivity index (χ4n) is 2.40. The summed E-state index contributed by atoms with van der Waals surface area (Å²) < 4.78 is 5.21. The third-order valence-electron chi connectivity index (χ3n) is 3.37. The number of rotatable bonds is 4. The van der Waals surface area contributed by atoms with Crippen molar-refractivity contribution in [3.05, 3.63) is 21.9 Å². The maximum absolute atomic E-state index is 12.0. The number of hydrogen-bond acceptors (Lipinski definition) is 7. The molecule has 6 nitrogen and oxygen atoms in total. The van der Waals surface area contributed by atoms with Crippen LogP contribution < -0.4 is 5.32 Å². The molecular weight excluding hydrogens is 320 g/mol. The number of anilines is 1. The van der Waals surface area contributed by atoms with Gasteiger partial charge in [-0.15, -0.1) is 21.5 Å². The van der Waals surface area contributed by atoms with Gasteiger partial charge in [0.1, 0.15) is 11.1 Å². The molecule has 1 aliphatic carbocycles. The first-order valence-corrected chi connectivity index (χ1v) is 8.75. The molecule has 3 rings (SSSR count). The van der Waals surface area contributed by atoms with Crippen LogP contribution in [0.4, 0.5) is 5.00 Å². The second-order valence-electron chi connectivity index (χ2n) is 4.95. The van der Waals surface area contributed by atoms with E-state index in [2.05, 4.69) is 21.6 Å². The summed E-state index contributed by atoms with van der Waals surface area (Å²) in [6.45, 7) is 1.70. The second-order valence-corrected chi connectivity index (χ2v) is 6.98. The average Bonchev–Trinajstić information content (AvgIpc) is 3.08. The van der Waals surface area contributed by atoms with E-state index in [4.69, 9.17) is 4.42 Å². The molecule has 22 heavy (non-hydrogen) atoms. The third-order valence-corrected chi connectivity index (χ3v) is 5.40. The van der Waals surface area contributed by atoms with Crippen molar-refractivity contribution >= 4 is 34.0 Å². The number of aromatic nitrogens is 2. The molecule has 1 N–H and O–H groups in total. The molecule has 2 aromatic rings. The van der Waals surface area contributed by atoms with Crippen molar-refractivity contribution in [2.75, 3.05) is 11.1 Å². The van der Waals surface area contributed by atoms with Crippen LogP contribution in [0, 0.1) is 18.3 Å². The topological polar surface area (TPSA) is 91.8 Å². The molecule has 0 aromatic carbocycles. The van der Waals surface area contributed by atoms with Crippen LogP contribution in [0.1, 0.15) is 34.7 Å². The Hall–Kier alpha value is -1.85. The van der Waals surface area contributed by atoms with Crippen LogP contribution in [0.2, 0.25) is 0 Å². The number of aryl methyl sites for hydroxylation is 2. The highest BCUT2D eigenvalue weighted by Crippen LogP contribution is 2.37. The molecule has 2 heterocycles. The van der Waals surface area contributed by atoms with Gasteiger partial charge < -0.3 is 9.73 Å². The molecule has 0 fully saturated rings. The molecule has 1 amide bonds. The Morgan fingerprint density at radius 3 is 3.00 bits per heavy atom. The number of nitrogens with zero attached hydrogens (tertiary/aromatic N) is 3. The van der Waals surface area contributed by atoms with E-state index >= 15 is 0 Å². The number of amides is 1. The second kappa shape index (κ2) is 6.50. The van der Waals surface area contributed by atoms with E-state index in [1.54, 1.807) is 6.92 Å². The van der Waals surface area contributed by atoms with E-state index in [0.717, 1.165) is 31.2 Å². The molecule has 0 saturated heterocycles. The van der Waals surface area contributed by atoms with Crippen LogP contribution in [0.15, 0.2) is 9.64 Å². The molecule has 0 saturated carbocycles. The number of thioether (sulfide) groups is 1. The molecule has 1 aliphatic rings. The molecule has 2 aromatic heterocycles. The summed E-state index contributed by atoms with van der Waals surface area (Å²) in [6.07, 6.45) is 4.19. The van der Waals surface area contributed by atoms with Crippen molar-refractivity contribution in [1.82, 2.24) is 10.2 Å². The highest BCUT2D eigenvalue weighted by atomic mass is 32.2. The summed E-state index contributed by atoms with van der Waals surface area (Å²) >= 11 is 2.71. The fourth-order valence-corrected chi connectivity index (χ4v) is 4.26. The van der Waals surface area contributed by atoms with Gasteiger partial charge in [-0.3, -0.25) is 4.79 Å². The Bertz CT molecular complexity index is 745. The molecule has 8 heteroatoms. The van der Waals surface area contributed by atoms with Crippen LogP contribution in [-0.2, 0) is 17.6 Å². The zero-order valence-corrected chi connectivity index (χ0v) is 13.6. The van der Waals surface area contributed by atoms with Gasteiger partial charge in [0.25, 0.3) is 5.22 Å². The Morgan fingerprint density at radius 1 is 1.45 bits per heavy atom. The molecular formula is C14H14N4O2S2. The predicted octanol–water partition coefficient (Wildman–Crippen LogP) is 2.92. The van der Waals surface area contributed by atoms with Crippen molar-refractivity contribution in [3.8, 4) is 6.07 Å². The Kier molecular flexibility index (Phi) is 4.45. The van der Waals surface area contributed by atoms with Gasteiger partial charge in [-0.05, 0) is 31.2 Å². The van der Waals surface area contributed by atoms with Gasteiger partial charge >= 0.3 is 0 Å². The summed E-state index contributed by atoms with van der Waals surface area (Å²) in [5.74, 6) is 0.478. The number of hydrogen-bond donors (Lipinski definition) is 1. The van der Waals surface area contributed by atoms with Gasteiger partial charge in [-0.25, -0.2) is 0 Å². The normalized spacial score (nSPS) is 13.5. The Morgan fingerprint density at radius 2 is 2.27 bits per heavy atom. The predicted molar refractivity (Wildman–Crippen MR) is 84.1 cm³/mol. The van der Waals surface area contributed by atoms with Crippen LogP contribution in [-0.4, -0.2) is 21.9 Å². The minimum absolute atomic E-state index is 0.170. The van der Waals surface area contributed by atoms with E-state index in [1.165, 1.54) is 28.0 Å². The molecule has 0 bridgehead atoms. The summed E-state index contributed by atoms with van der Waals surface area (Å²) in [4.78, 5) is 13.3. The number of nitrogens with one attached hydrogen (secondary N) is 1. The number of fused-ring (bicyclic) bond motifs is 1. The van der Waals surface area contributed by atoms with Gasteiger partial charge in [0.2, 0.25) is 11.8 Å². The maximum atomic E-state index is 12.0. The van der Waals surface area contributed by atoms with Gasteiger partial charge in [-0.1, -0.05) is 11.8 Å². The summed E-state index contributed by atoms with van der Waals surface area (Å²) in [5, 5.41) is 20.8. The number of nitriles is 1. The monoisotopic (exact) mass is 334 g/mol. The van der Waals surface area contributed by atoms with Crippen molar-refractivity contribution < 1.29 is 9.21 Å². The first-order chi connectivity index (χ1) is 10.7. The lowest BCUT2D eigenvalue weighted by Crippen LogP contribution is -2.14. The van der Waals surface area contributed by atoms with Gasteiger partial charge in [0.05, 0.1) is 11.3 Å². The first-order valence-electron chi connectivity index (χ1n) is 6.94. The zero-order valence-electron chi connectivity index (χ0n) is 12.0. The summed E-state index contributed by atoms with van der Waals surface area (Å²) in [5.41, 5.74) is 1.75. The minimum Gasteiger partial charge on any atom is -0.416 e. The largest absolute Gasteiger partial charge is 0.416 e. The lowest BCUT2D eigenvalue weighted by atomic mass is 9.96. The van der Waals surface area contributed by atoms with E-state index in [0.29, 0.717) is 21.7 Å². The summed E-state index contributed by atoms with van der Waals surface area (Å²) in [6, 6.07) is 2.23. The van der Waals surface area contributed by atoms with Gasteiger partial charge in [-0.2, -0.15) is 5.26 Å². The lowest BCUT2D eigenvalue weighted by Gasteiger charge is -2.09. The van der Waals surface area contributed by atoms with Crippen molar-refractivity contribution in [2.45, 2.75) is 37.8 Å². The SMILES string of the molecule is Cc1nnc(SCC(=O)Nc2sc3c(c2C#N)CCCC3)o1. The number of carbonyl (C=O) groups is 1. The van der Waals surface area contributed by atoms with Crippen molar-refractivity contribution in [1.29, 1.82) is 5.26 Å². The lowest BCUT2D eigenvalue weighted by molar-refractivity contribution is -0.113. The van der Waals surface area contributed by atoms with Crippen LogP contribution in [0.3, 0.4) is 0 Å². The molecule has 0 aliphatic heterocycles. The van der Waals surface area contributed by atoms with E-state index < -0.39 is 0 Å². The first kappa shape index (κ1) is 15.1.